The Hall–Kier alpha value is -1.77. The van der Waals surface area contributed by atoms with E-state index in [4.69, 9.17) is 0 Å². The maximum Gasteiger partial charge on any atom is 0.274 e. The number of nitrogens with zero attached hydrogens (tertiary/aromatic N) is 2. The first-order valence-corrected chi connectivity index (χ1v) is 7.43. The highest BCUT2D eigenvalue weighted by atomic mass is 127. The van der Waals surface area contributed by atoms with Crippen molar-refractivity contribution in [3.63, 3.8) is 0 Å². The third-order valence-electron chi connectivity index (χ3n) is 4.18. The van der Waals surface area contributed by atoms with Crippen molar-refractivity contribution in [3.8, 4) is 0 Å². The number of rotatable bonds is 2. The highest BCUT2D eigenvalue weighted by Gasteiger charge is 2.56. The van der Waals surface area contributed by atoms with Gasteiger partial charge in [0.25, 0.3) is 11.4 Å². The van der Waals surface area contributed by atoms with Crippen LogP contribution in [0.4, 0.5) is 5.69 Å². The Morgan fingerprint density at radius 3 is 2.57 bits per heavy atom. The SMILES string of the molecule is CC1(I)c2c(cccc2[N+](=O)[O-])C2C=CC=C([N+](=O)[O-])C21. The quantitative estimate of drug-likeness (QED) is 0.329. The van der Waals surface area contributed by atoms with E-state index in [1.54, 1.807) is 12.1 Å². The number of alkyl halides is 1. The molecule has 1 aromatic rings. The van der Waals surface area contributed by atoms with Gasteiger partial charge in [-0.15, -0.1) is 0 Å². The molecule has 7 heteroatoms. The van der Waals surface area contributed by atoms with Gasteiger partial charge in [-0.2, -0.15) is 0 Å². The maximum atomic E-state index is 11.3. The minimum absolute atomic E-state index is 0.0369. The topological polar surface area (TPSA) is 86.3 Å². The zero-order valence-corrected chi connectivity index (χ0v) is 13.2. The second-order valence-electron chi connectivity index (χ2n) is 5.31. The van der Waals surface area contributed by atoms with E-state index in [-0.39, 0.29) is 22.2 Å². The lowest BCUT2D eigenvalue weighted by molar-refractivity contribution is -0.435. The van der Waals surface area contributed by atoms with Gasteiger partial charge in [0, 0.05) is 18.1 Å². The Balaban J connectivity index is 2.27. The second-order valence-corrected chi connectivity index (χ2v) is 7.55. The summed E-state index contributed by atoms with van der Waals surface area (Å²) in [7, 11) is 0. The summed E-state index contributed by atoms with van der Waals surface area (Å²) in [6.45, 7) is 1.83. The molecule has 2 aliphatic rings. The highest BCUT2D eigenvalue weighted by molar-refractivity contribution is 14.1. The molecule has 1 aromatic carbocycles. The van der Waals surface area contributed by atoms with E-state index in [2.05, 4.69) is 22.6 Å². The zero-order valence-electron chi connectivity index (χ0n) is 11.0. The van der Waals surface area contributed by atoms with Crippen LogP contribution in [0.1, 0.15) is 24.0 Å². The molecule has 0 radical (unpaired) electrons. The van der Waals surface area contributed by atoms with Crippen molar-refractivity contribution in [2.45, 2.75) is 16.3 Å². The minimum atomic E-state index is -0.689. The van der Waals surface area contributed by atoms with Crippen molar-refractivity contribution in [2.75, 3.05) is 0 Å². The number of fused-ring (bicyclic) bond motifs is 3. The lowest BCUT2D eigenvalue weighted by Crippen LogP contribution is -2.29. The van der Waals surface area contributed by atoms with Gasteiger partial charge in [0.2, 0.25) is 0 Å². The lowest BCUT2D eigenvalue weighted by Gasteiger charge is -2.27. The summed E-state index contributed by atoms with van der Waals surface area (Å²) >= 11 is 2.12. The van der Waals surface area contributed by atoms with Crippen molar-refractivity contribution in [2.24, 2.45) is 5.92 Å². The van der Waals surface area contributed by atoms with Crippen molar-refractivity contribution in [1.29, 1.82) is 0 Å². The Morgan fingerprint density at radius 1 is 1.24 bits per heavy atom. The van der Waals surface area contributed by atoms with E-state index in [1.807, 2.05) is 19.1 Å². The molecule has 21 heavy (non-hydrogen) atoms. The molecule has 0 spiro atoms. The van der Waals surface area contributed by atoms with E-state index < -0.39 is 14.3 Å². The predicted molar refractivity (Wildman–Crippen MR) is 84.9 cm³/mol. The van der Waals surface area contributed by atoms with Crippen LogP contribution in [-0.4, -0.2) is 9.85 Å². The van der Waals surface area contributed by atoms with Gasteiger partial charge in [-0.3, -0.25) is 20.2 Å². The van der Waals surface area contributed by atoms with Crippen molar-refractivity contribution in [3.05, 3.63) is 73.5 Å². The summed E-state index contributed by atoms with van der Waals surface area (Å²) in [5.74, 6) is -0.582. The van der Waals surface area contributed by atoms with Crippen LogP contribution < -0.4 is 0 Å². The van der Waals surface area contributed by atoms with Gasteiger partial charge in [0.15, 0.2) is 0 Å². The second kappa shape index (κ2) is 4.62. The van der Waals surface area contributed by atoms with Gasteiger partial charge in [-0.1, -0.05) is 46.9 Å². The molecule has 3 unspecified atom stereocenters. The van der Waals surface area contributed by atoms with Gasteiger partial charge in [0.1, 0.15) is 0 Å². The largest absolute Gasteiger partial charge is 0.274 e. The summed E-state index contributed by atoms with van der Waals surface area (Å²) in [4.78, 5) is 21.8. The number of nitro groups is 2. The molecule has 108 valence electrons. The monoisotopic (exact) mass is 398 g/mol. The molecule has 0 amide bonds. The Labute approximate surface area is 134 Å². The molecule has 0 aliphatic heterocycles. The molecule has 2 aliphatic carbocycles. The van der Waals surface area contributed by atoms with Gasteiger partial charge in [-0.05, 0) is 12.5 Å². The van der Waals surface area contributed by atoms with Crippen LogP contribution >= 0.6 is 22.6 Å². The third-order valence-corrected chi connectivity index (χ3v) is 5.39. The molecule has 0 N–H and O–H groups in total. The summed E-state index contributed by atoms with van der Waals surface area (Å²) in [5, 5.41) is 22.6. The molecular weight excluding hydrogens is 387 g/mol. The smallest absolute Gasteiger partial charge is 0.259 e. The average molecular weight is 398 g/mol. The Morgan fingerprint density at radius 2 is 1.95 bits per heavy atom. The molecule has 3 rings (SSSR count). The van der Waals surface area contributed by atoms with Crippen LogP contribution in [0.15, 0.2) is 42.1 Å². The van der Waals surface area contributed by atoms with Gasteiger partial charge in [-0.25, -0.2) is 0 Å². The van der Waals surface area contributed by atoms with Gasteiger partial charge in [0.05, 0.1) is 24.7 Å². The molecule has 6 nitrogen and oxygen atoms in total. The third kappa shape index (κ3) is 1.90. The number of hydrogen-bond acceptors (Lipinski definition) is 4. The number of hydrogen-bond donors (Lipinski definition) is 0. The van der Waals surface area contributed by atoms with Crippen molar-refractivity contribution in [1.82, 2.24) is 0 Å². The molecule has 0 aromatic heterocycles. The molecule has 0 heterocycles. The maximum absolute atomic E-state index is 11.3. The molecule has 0 bridgehead atoms. The molecule has 0 saturated heterocycles. The van der Waals surface area contributed by atoms with Crippen LogP contribution in [0.5, 0.6) is 0 Å². The van der Waals surface area contributed by atoms with E-state index in [0.717, 1.165) is 5.56 Å². The predicted octanol–water partition coefficient (Wildman–Crippen LogP) is 3.69. The number of nitro benzene ring substituents is 1. The fourth-order valence-electron chi connectivity index (χ4n) is 3.42. The number of allylic oxidation sites excluding steroid dienone is 4. The average Bonchev–Trinajstić information content (AvgIpc) is 2.68. The lowest BCUT2D eigenvalue weighted by atomic mass is 9.82. The molecule has 0 saturated carbocycles. The molecule has 0 fully saturated rings. The van der Waals surface area contributed by atoms with Crippen LogP contribution in [0.2, 0.25) is 0 Å². The van der Waals surface area contributed by atoms with E-state index in [0.29, 0.717) is 5.56 Å². The van der Waals surface area contributed by atoms with E-state index in [1.165, 1.54) is 12.1 Å². The number of benzene rings is 1. The summed E-state index contributed by atoms with van der Waals surface area (Å²) in [6.07, 6.45) is 5.06. The first-order chi connectivity index (χ1) is 9.85. The van der Waals surface area contributed by atoms with E-state index in [9.17, 15) is 20.2 Å². The van der Waals surface area contributed by atoms with Crippen LogP contribution in [0.25, 0.3) is 0 Å². The first-order valence-electron chi connectivity index (χ1n) is 6.35. The van der Waals surface area contributed by atoms with Gasteiger partial charge < -0.3 is 0 Å². The summed E-state index contributed by atoms with van der Waals surface area (Å²) in [5.41, 5.74) is 1.57. The highest BCUT2D eigenvalue weighted by Crippen LogP contribution is 2.60. The molecular formula is C14H11IN2O4. The van der Waals surface area contributed by atoms with Crippen LogP contribution in [0, 0.1) is 26.1 Å². The summed E-state index contributed by atoms with van der Waals surface area (Å²) < 4.78 is -0.689. The van der Waals surface area contributed by atoms with Crippen LogP contribution in [-0.2, 0) is 3.42 Å². The standard InChI is InChI=1S/C14H11IN2O4/c1-14(15)12-8(4-2-6-10(12)16(18)19)9-5-3-7-11(13(9)14)17(20)21/h2-8,12H,1H3. The number of halogens is 1. The van der Waals surface area contributed by atoms with Crippen molar-refractivity contribution >= 4 is 28.3 Å². The van der Waals surface area contributed by atoms with Gasteiger partial charge >= 0.3 is 0 Å². The molecule has 3 atom stereocenters. The van der Waals surface area contributed by atoms with Crippen LogP contribution in [0.3, 0.4) is 0 Å². The first kappa shape index (κ1) is 14.2. The zero-order chi connectivity index (χ0) is 15.4. The minimum Gasteiger partial charge on any atom is -0.259 e. The Kier molecular flexibility index (Phi) is 3.12. The fourth-order valence-corrected chi connectivity index (χ4v) is 4.71. The van der Waals surface area contributed by atoms with E-state index >= 15 is 0 Å². The summed E-state index contributed by atoms with van der Waals surface area (Å²) in [6, 6.07) is 4.94. The van der Waals surface area contributed by atoms with Crippen molar-refractivity contribution < 1.29 is 9.85 Å². The fraction of sp³-hybridized carbons (Fsp3) is 0.286. The Bertz CT molecular complexity index is 724. The normalized spacial score (nSPS) is 29.5.